The Balaban J connectivity index is 0.000000181. The second-order valence-electron chi connectivity index (χ2n) is 2.75. The molecule has 2 aromatic rings. The van der Waals surface area contributed by atoms with Crippen LogP contribution in [-0.2, 0) is 0 Å². The maximum Gasteiger partial charge on any atom is 0.137 e. The fourth-order valence-electron chi connectivity index (χ4n) is 0.855. The largest absolute Gasteiger partial charge is 0.506 e. The zero-order valence-corrected chi connectivity index (χ0v) is 10.3. The van der Waals surface area contributed by atoms with Crippen molar-refractivity contribution in [2.45, 2.75) is 0 Å². The van der Waals surface area contributed by atoms with Crippen LogP contribution < -0.4 is 0 Å². The van der Waals surface area contributed by atoms with Crippen molar-refractivity contribution >= 4 is 34.8 Å². The van der Waals surface area contributed by atoms with Crippen LogP contribution in [0.15, 0.2) is 42.7 Å². The van der Waals surface area contributed by atoms with Crippen LogP contribution in [0.5, 0.6) is 5.75 Å². The Bertz CT molecular complexity index is 399. The number of rotatable bonds is 0. The van der Waals surface area contributed by atoms with Gasteiger partial charge in [-0.3, -0.25) is 4.98 Å². The van der Waals surface area contributed by atoms with E-state index in [0.29, 0.717) is 5.02 Å². The lowest BCUT2D eigenvalue weighted by Crippen LogP contribution is -1.70. The van der Waals surface area contributed by atoms with Crippen molar-refractivity contribution in [3.05, 3.63) is 57.8 Å². The quantitative estimate of drug-likeness (QED) is 0.722. The highest BCUT2D eigenvalue weighted by atomic mass is 35.5. The molecule has 2 rings (SSSR count). The van der Waals surface area contributed by atoms with E-state index in [0.717, 1.165) is 0 Å². The summed E-state index contributed by atoms with van der Waals surface area (Å²) in [6.45, 7) is 0. The number of halogens is 3. The number of aromatic nitrogens is 1. The van der Waals surface area contributed by atoms with E-state index in [9.17, 15) is 0 Å². The van der Waals surface area contributed by atoms with E-state index in [1.807, 2.05) is 18.2 Å². The first-order valence-electron chi connectivity index (χ1n) is 4.29. The Labute approximate surface area is 108 Å². The number of hydrogen-bond donors (Lipinski definition) is 1. The highest BCUT2D eigenvalue weighted by molar-refractivity contribution is 6.44. The summed E-state index contributed by atoms with van der Waals surface area (Å²) in [7, 11) is 0. The molecule has 0 amide bonds. The molecule has 1 aromatic heterocycles. The van der Waals surface area contributed by atoms with Gasteiger partial charge < -0.3 is 5.11 Å². The van der Waals surface area contributed by atoms with Crippen LogP contribution in [0.3, 0.4) is 0 Å². The summed E-state index contributed by atoms with van der Waals surface area (Å²) in [5, 5.41) is 9.73. The van der Waals surface area contributed by atoms with Gasteiger partial charge in [0.05, 0.1) is 5.02 Å². The fourth-order valence-corrected chi connectivity index (χ4v) is 1.45. The third-order valence-electron chi connectivity index (χ3n) is 1.54. The molecule has 0 unspecified atom stereocenters. The topological polar surface area (TPSA) is 33.1 Å². The molecule has 0 saturated carbocycles. The molecule has 0 radical (unpaired) electrons. The lowest BCUT2D eigenvalue weighted by molar-refractivity contribution is 0.475. The Morgan fingerprint density at radius 3 is 1.94 bits per heavy atom. The molecule has 2 nitrogen and oxygen atoms in total. The second-order valence-corrected chi connectivity index (χ2v) is 3.97. The van der Waals surface area contributed by atoms with Crippen molar-refractivity contribution in [1.82, 2.24) is 4.98 Å². The van der Waals surface area contributed by atoms with E-state index in [1.54, 1.807) is 12.4 Å². The minimum atomic E-state index is -0.0980. The highest BCUT2D eigenvalue weighted by Crippen LogP contribution is 2.33. The Kier molecular flexibility index (Phi) is 5.39. The maximum absolute atomic E-state index is 8.98. The summed E-state index contributed by atoms with van der Waals surface area (Å²) in [5.74, 6) is -0.0980. The van der Waals surface area contributed by atoms with Crippen molar-refractivity contribution in [3.8, 4) is 5.75 Å². The summed E-state index contributed by atoms with van der Waals surface area (Å²) >= 11 is 16.6. The molecule has 1 aromatic carbocycles. The third-order valence-corrected chi connectivity index (χ3v) is 2.55. The fraction of sp³-hybridized carbons (Fsp3) is 0. The molecule has 0 aliphatic rings. The molecule has 1 heterocycles. The van der Waals surface area contributed by atoms with Crippen LogP contribution in [0.25, 0.3) is 0 Å². The first kappa shape index (κ1) is 13.1. The standard InChI is InChI=1S/C6H3Cl3O.C5H5N/c7-3-1-4(8)6(9)5(10)2-3;1-2-4-6-5-3-1/h1-2,10H;1-5H. The summed E-state index contributed by atoms with van der Waals surface area (Å²) in [6.07, 6.45) is 3.50. The van der Waals surface area contributed by atoms with Gasteiger partial charge in [0, 0.05) is 23.5 Å². The van der Waals surface area contributed by atoms with Gasteiger partial charge in [-0.15, -0.1) is 0 Å². The smallest absolute Gasteiger partial charge is 0.137 e. The van der Waals surface area contributed by atoms with Crippen LogP contribution in [0.1, 0.15) is 0 Å². The minimum absolute atomic E-state index is 0.0980. The molecule has 0 aliphatic carbocycles. The van der Waals surface area contributed by atoms with Crippen LogP contribution in [-0.4, -0.2) is 10.1 Å². The predicted molar refractivity (Wildman–Crippen MR) is 67.4 cm³/mol. The predicted octanol–water partition coefficient (Wildman–Crippen LogP) is 4.43. The van der Waals surface area contributed by atoms with Gasteiger partial charge in [0.2, 0.25) is 0 Å². The van der Waals surface area contributed by atoms with Crippen molar-refractivity contribution in [2.75, 3.05) is 0 Å². The van der Waals surface area contributed by atoms with E-state index >= 15 is 0 Å². The number of hydrogen-bond acceptors (Lipinski definition) is 2. The molecule has 0 saturated heterocycles. The number of aromatic hydroxyl groups is 1. The molecule has 1 N–H and O–H groups in total. The van der Waals surface area contributed by atoms with Crippen molar-refractivity contribution < 1.29 is 5.11 Å². The molecule has 0 fully saturated rings. The molecule has 16 heavy (non-hydrogen) atoms. The van der Waals surface area contributed by atoms with Gasteiger partial charge in [0.1, 0.15) is 10.8 Å². The summed E-state index contributed by atoms with van der Waals surface area (Å²) in [6, 6.07) is 8.51. The Morgan fingerprint density at radius 2 is 1.56 bits per heavy atom. The van der Waals surface area contributed by atoms with E-state index < -0.39 is 0 Å². The average molecular weight is 277 g/mol. The van der Waals surface area contributed by atoms with E-state index in [1.165, 1.54) is 12.1 Å². The Morgan fingerprint density at radius 1 is 0.938 bits per heavy atom. The monoisotopic (exact) mass is 275 g/mol. The zero-order valence-electron chi connectivity index (χ0n) is 8.07. The Hall–Kier alpha value is -0.960. The first-order valence-corrected chi connectivity index (χ1v) is 5.43. The minimum Gasteiger partial charge on any atom is -0.506 e. The van der Waals surface area contributed by atoms with Crippen LogP contribution in [0, 0.1) is 0 Å². The summed E-state index contributed by atoms with van der Waals surface area (Å²) in [4.78, 5) is 3.78. The lowest BCUT2D eigenvalue weighted by atomic mass is 10.3. The third kappa shape index (κ3) is 4.27. The first-order chi connectivity index (χ1) is 7.61. The SMILES string of the molecule is Oc1cc(Cl)cc(Cl)c1Cl.c1ccncc1. The molecular weight excluding hydrogens is 268 g/mol. The maximum atomic E-state index is 8.98. The van der Waals surface area contributed by atoms with Gasteiger partial charge in [-0.2, -0.15) is 0 Å². The molecule has 0 spiro atoms. The second kappa shape index (κ2) is 6.59. The number of phenolic OH excluding ortho intramolecular Hbond substituents is 1. The van der Waals surface area contributed by atoms with Gasteiger partial charge >= 0.3 is 0 Å². The molecule has 0 bridgehead atoms. The van der Waals surface area contributed by atoms with Crippen molar-refractivity contribution in [3.63, 3.8) is 0 Å². The van der Waals surface area contributed by atoms with Crippen molar-refractivity contribution in [2.24, 2.45) is 0 Å². The van der Waals surface area contributed by atoms with Gasteiger partial charge in [0.15, 0.2) is 0 Å². The number of benzene rings is 1. The number of phenols is 1. The molecule has 0 atom stereocenters. The van der Waals surface area contributed by atoms with E-state index in [2.05, 4.69) is 4.98 Å². The van der Waals surface area contributed by atoms with E-state index in [-0.39, 0.29) is 15.8 Å². The van der Waals surface area contributed by atoms with Gasteiger partial charge in [-0.1, -0.05) is 40.9 Å². The average Bonchev–Trinajstić information content (AvgIpc) is 2.29. The number of pyridine rings is 1. The molecule has 84 valence electrons. The van der Waals surface area contributed by atoms with Crippen LogP contribution in [0.4, 0.5) is 0 Å². The van der Waals surface area contributed by atoms with Crippen molar-refractivity contribution in [1.29, 1.82) is 0 Å². The normalized spacial score (nSPS) is 9.19. The van der Waals surface area contributed by atoms with Crippen LogP contribution in [0.2, 0.25) is 15.1 Å². The molecule has 0 aliphatic heterocycles. The summed E-state index contributed by atoms with van der Waals surface area (Å²) in [5.41, 5.74) is 0. The highest BCUT2D eigenvalue weighted by Gasteiger charge is 2.03. The van der Waals surface area contributed by atoms with Gasteiger partial charge in [-0.25, -0.2) is 0 Å². The zero-order chi connectivity index (χ0) is 12.0. The molecule has 5 heteroatoms. The van der Waals surface area contributed by atoms with Gasteiger partial charge in [-0.05, 0) is 18.2 Å². The van der Waals surface area contributed by atoms with E-state index in [4.69, 9.17) is 39.9 Å². The van der Waals surface area contributed by atoms with Gasteiger partial charge in [0.25, 0.3) is 0 Å². The lowest BCUT2D eigenvalue weighted by Gasteiger charge is -1.98. The van der Waals surface area contributed by atoms with Crippen LogP contribution >= 0.6 is 34.8 Å². The number of nitrogens with zero attached hydrogens (tertiary/aromatic N) is 1. The molecular formula is C11H8Cl3NO. The summed E-state index contributed by atoms with van der Waals surface area (Å²) < 4.78 is 0.